The lowest BCUT2D eigenvalue weighted by molar-refractivity contribution is -0.224. The molecular weight excluding hydrogens is 176 g/mol. The molecule has 0 saturated carbocycles. The highest BCUT2D eigenvalue weighted by molar-refractivity contribution is 5.74. The van der Waals surface area contributed by atoms with Crippen molar-refractivity contribution in [2.24, 2.45) is 0 Å². The van der Waals surface area contributed by atoms with Gasteiger partial charge in [-0.25, -0.2) is 4.79 Å². The van der Waals surface area contributed by atoms with Gasteiger partial charge in [-0.1, -0.05) is 0 Å². The second-order valence-corrected chi connectivity index (χ2v) is 3.64. The van der Waals surface area contributed by atoms with Gasteiger partial charge in [0.25, 0.3) is 0 Å². The van der Waals surface area contributed by atoms with Crippen molar-refractivity contribution in [3.63, 3.8) is 0 Å². The molecule has 1 saturated heterocycles. The number of aliphatic hydroxyl groups is 2. The standard InChI is InChI=1S/C8H14O5/c1-4-3-5(9)8(2,12)6(13-4)7(10)11/h4-6,9,12H,3H2,1-2H3,(H,10,11). The fraction of sp³-hybridized carbons (Fsp3) is 0.875. The summed E-state index contributed by atoms with van der Waals surface area (Å²) in [4.78, 5) is 10.7. The van der Waals surface area contributed by atoms with Crippen LogP contribution in [0.15, 0.2) is 0 Å². The Kier molecular flexibility index (Phi) is 2.61. The monoisotopic (exact) mass is 190 g/mol. The predicted octanol–water partition coefficient (Wildman–Crippen LogP) is -0.640. The van der Waals surface area contributed by atoms with E-state index >= 15 is 0 Å². The molecule has 1 rings (SSSR count). The fourth-order valence-electron chi connectivity index (χ4n) is 1.46. The van der Waals surface area contributed by atoms with Gasteiger partial charge in [-0.05, 0) is 13.8 Å². The van der Waals surface area contributed by atoms with E-state index in [4.69, 9.17) is 9.84 Å². The topological polar surface area (TPSA) is 87.0 Å². The third-order valence-corrected chi connectivity index (χ3v) is 2.35. The van der Waals surface area contributed by atoms with Crippen LogP contribution < -0.4 is 0 Å². The summed E-state index contributed by atoms with van der Waals surface area (Å²) in [6.45, 7) is 2.93. The zero-order valence-corrected chi connectivity index (χ0v) is 7.60. The lowest BCUT2D eigenvalue weighted by Crippen LogP contribution is -2.59. The molecule has 76 valence electrons. The van der Waals surface area contributed by atoms with E-state index in [2.05, 4.69) is 0 Å². The maximum atomic E-state index is 10.7. The summed E-state index contributed by atoms with van der Waals surface area (Å²) in [5.41, 5.74) is -1.71. The lowest BCUT2D eigenvalue weighted by atomic mass is 9.86. The van der Waals surface area contributed by atoms with E-state index in [0.717, 1.165) is 0 Å². The molecule has 1 aliphatic heterocycles. The SMILES string of the molecule is CC1CC(O)C(C)(O)C(C(=O)O)O1. The van der Waals surface area contributed by atoms with Crippen molar-refractivity contribution in [2.75, 3.05) is 0 Å². The number of carbonyl (C=O) groups is 1. The average Bonchev–Trinajstić information content (AvgIpc) is 1.96. The van der Waals surface area contributed by atoms with E-state index in [1.54, 1.807) is 6.92 Å². The second kappa shape index (κ2) is 3.25. The predicted molar refractivity (Wildman–Crippen MR) is 43.2 cm³/mol. The van der Waals surface area contributed by atoms with E-state index in [9.17, 15) is 15.0 Å². The van der Waals surface area contributed by atoms with Gasteiger partial charge in [0.05, 0.1) is 12.2 Å². The van der Waals surface area contributed by atoms with Crippen molar-refractivity contribution in [3.05, 3.63) is 0 Å². The highest BCUT2D eigenvalue weighted by atomic mass is 16.5. The normalized spacial score (nSPS) is 46.0. The Bertz CT molecular complexity index is 213. The minimum atomic E-state index is -1.71. The minimum Gasteiger partial charge on any atom is -0.479 e. The fourth-order valence-corrected chi connectivity index (χ4v) is 1.46. The van der Waals surface area contributed by atoms with Crippen LogP contribution >= 0.6 is 0 Å². The van der Waals surface area contributed by atoms with Crippen molar-refractivity contribution >= 4 is 5.97 Å². The number of hydrogen-bond acceptors (Lipinski definition) is 4. The molecule has 0 aromatic rings. The van der Waals surface area contributed by atoms with E-state index < -0.39 is 23.8 Å². The number of aliphatic carboxylic acids is 1. The average molecular weight is 190 g/mol. The molecule has 4 atom stereocenters. The van der Waals surface area contributed by atoms with Gasteiger partial charge in [0.2, 0.25) is 0 Å². The van der Waals surface area contributed by atoms with Gasteiger partial charge >= 0.3 is 5.97 Å². The van der Waals surface area contributed by atoms with Crippen LogP contribution in [-0.4, -0.2) is 45.2 Å². The van der Waals surface area contributed by atoms with E-state index in [-0.39, 0.29) is 12.5 Å². The number of carboxylic acids is 1. The molecule has 1 heterocycles. The molecule has 0 radical (unpaired) electrons. The first-order valence-corrected chi connectivity index (χ1v) is 4.14. The van der Waals surface area contributed by atoms with E-state index in [1.807, 2.05) is 0 Å². The van der Waals surface area contributed by atoms with Crippen LogP contribution in [0.4, 0.5) is 0 Å². The van der Waals surface area contributed by atoms with Crippen LogP contribution in [0.5, 0.6) is 0 Å². The minimum absolute atomic E-state index is 0.247. The van der Waals surface area contributed by atoms with Crippen LogP contribution in [0.25, 0.3) is 0 Å². The molecule has 1 aliphatic rings. The maximum Gasteiger partial charge on any atom is 0.335 e. The molecule has 0 aromatic heterocycles. The Morgan fingerprint density at radius 3 is 2.62 bits per heavy atom. The van der Waals surface area contributed by atoms with Crippen LogP contribution in [0.3, 0.4) is 0 Å². The Labute approximate surface area is 75.9 Å². The quantitative estimate of drug-likeness (QED) is 0.512. The summed E-state index contributed by atoms with van der Waals surface area (Å²) >= 11 is 0. The Morgan fingerprint density at radius 2 is 2.15 bits per heavy atom. The molecular formula is C8H14O5. The van der Waals surface area contributed by atoms with Crippen LogP contribution in [0.1, 0.15) is 20.3 Å². The summed E-state index contributed by atoms with van der Waals surface area (Å²) in [6, 6.07) is 0. The van der Waals surface area contributed by atoms with Crippen molar-refractivity contribution in [1.82, 2.24) is 0 Å². The molecule has 4 unspecified atom stereocenters. The summed E-state index contributed by atoms with van der Waals surface area (Å²) in [5.74, 6) is -1.25. The summed E-state index contributed by atoms with van der Waals surface area (Å²) in [6.07, 6.45) is -2.52. The van der Waals surface area contributed by atoms with Crippen LogP contribution in [0, 0.1) is 0 Å². The smallest absolute Gasteiger partial charge is 0.335 e. The Hall–Kier alpha value is -0.650. The highest BCUT2D eigenvalue weighted by Crippen LogP contribution is 2.29. The van der Waals surface area contributed by atoms with Crippen molar-refractivity contribution in [3.8, 4) is 0 Å². The zero-order chi connectivity index (χ0) is 10.2. The number of hydrogen-bond donors (Lipinski definition) is 3. The molecule has 0 bridgehead atoms. The lowest BCUT2D eigenvalue weighted by Gasteiger charge is -2.41. The van der Waals surface area contributed by atoms with E-state index in [1.165, 1.54) is 6.92 Å². The molecule has 0 aromatic carbocycles. The first-order chi connectivity index (χ1) is 5.85. The van der Waals surface area contributed by atoms with E-state index in [0.29, 0.717) is 0 Å². The second-order valence-electron chi connectivity index (χ2n) is 3.64. The Balaban J connectivity index is 2.85. The summed E-state index contributed by atoms with van der Waals surface area (Å²) in [7, 11) is 0. The molecule has 0 spiro atoms. The number of carboxylic acid groups (broad SMARTS) is 1. The molecule has 13 heavy (non-hydrogen) atoms. The number of ether oxygens (including phenoxy) is 1. The van der Waals surface area contributed by atoms with Gasteiger partial charge in [-0.3, -0.25) is 0 Å². The first kappa shape index (κ1) is 10.4. The third-order valence-electron chi connectivity index (χ3n) is 2.35. The van der Waals surface area contributed by atoms with Crippen molar-refractivity contribution in [2.45, 2.75) is 44.2 Å². The Morgan fingerprint density at radius 1 is 1.62 bits per heavy atom. The number of aliphatic hydroxyl groups excluding tert-OH is 1. The van der Waals surface area contributed by atoms with Gasteiger partial charge in [-0.15, -0.1) is 0 Å². The van der Waals surface area contributed by atoms with Gasteiger partial charge in [0.15, 0.2) is 6.10 Å². The first-order valence-electron chi connectivity index (χ1n) is 4.14. The van der Waals surface area contributed by atoms with Gasteiger partial charge in [0.1, 0.15) is 5.60 Å². The molecule has 5 nitrogen and oxygen atoms in total. The van der Waals surface area contributed by atoms with Crippen LogP contribution in [-0.2, 0) is 9.53 Å². The maximum absolute atomic E-state index is 10.7. The molecule has 0 aliphatic carbocycles. The zero-order valence-electron chi connectivity index (χ0n) is 7.60. The summed E-state index contributed by atoms with van der Waals surface area (Å²) in [5, 5.41) is 27.8. The highest BCUT2D eigenvalue weighted by Gasteiger charge is 2.49. The number of rotatable bonds is 1. The van der Waals surface area contributed by atoms with Gasteiger partial charge < -0.3 is 20.1 Å². The molecule has 0 amide bonds. The molecule has 3 N–H and O–H groups in total. The van der Waals surface area contributed by atoms with Gasteiger partial charge in [-0.2, -0.15) is 0 Å². The molecule has 1 fully saturated rings. The molecule has 5 heteroatoms. The van der Waals surface area contributed by atoms with Crippen molar-refractivity contribution < 1.29 is 24.9 Å². The van der Waals surface area contributed by atoms with Crippen LogP contribution in [0.2, 0.25) is 0 Å². The van der Waals surface area contributed by atoms with Gasteiger partial charge in [0, 0.05) is 6.42 Å². The largest absolute Gasteiger partial charge is 0.479 e. The third kappa shape index (κ3) is 1.82. The van der Waals surface area contributed by atoms with Crippen molar-refractivity contribution in [1.29, 1.82) is 0 Å². The summed E-state index contributed by atoms with van der Waals surface area (Å²) < 4.78 is 5.02.